The van der Waals surface area contributed by atoms with Gasteiger partial charge in [-0.25, -0.2) is 0 Å². The zero-order valence-corrected chi connectivity index (χ0v) is 10.7. The van der Waals surface area contributed by atoms with E-state index in [0.717, 1.165) is 28.8 Å². The summed E-state index contributed by atoms with van der Waals surface area (Å²) in [5, 5.41) is 3.11. The minimum absolute atomic E-state index is 0.677. The van der Waals surface area contributed by atoms with Crippen LogP contribution in [0.15, 0.2) is 40.5 Å². The van der Waals surface area contributed by atoms with Crippen molar-refractivity contribution in [2.45, 2.75) is 13.8 Å². The highest BCUT2D eigenvalue weighted by atomic mass is 16.1. The van der Waals surface area contributed by atoms with Crippen molar-refractivity contribution in [1.82, 2.24) is 5.32 Å². The maximum atomic E-state index is 10.6. The van der Waals surface area contributed by atoms with Crippen molar-refractivity contribution in [2.24, 2.45) is 4.99 Å². The van der Waals surface area contributed by atoms with Gasteiger partial charge in [-0.1, -0.05) is 24.3 Å². The van der Waals surface area contributed by atoms with Gasteiger partial charge in [0.25, 0.3) is 0 Å². The van der Waals surface area contributed by atoms with Gasteiger partial charge in [0.1, 0.15) is 6.29 Å². The summed E-state index contributed by atoms with van der Waals surface area (Å²) in [4.78, 5) is 14.9. The Morgan fingerprint density at radius 2 is 1.82 bits per heavy atom. The number of hydrogen-bond donors (Lipinski definition) is 1. The predicted octanol–water partition coefficient (Wildman–Crippen LogP) is 2.43. The predicted molar refractivity (Wildman–Crippen MR) is 71.7 cm³/mol. The van der Waals surface area contributed by atoms with Crippen LogP contribution >= 0.6 is 0 Å². The molecule has 90 valence electrons. The number of nitrogens with one attached hydrogen (secondary N) is 1. The fourth-order valence-electron chi connectivity index (χ4n) is 1.60. The highest BCUT2D eigenvalue weighted by Gasteiger charge is 2.07. The molecule has 17 heavy (non-hydrogen) atoms. The number of carbonyl (C=O) groups excluding carboxylic acids is 1. The lowest BCUT2D eigenvalue weighted by molar-refractivity contribution is 0.112. The summed E-state index contributed by atoms with van der Waals surface area (Å²) >= 11 is 0. The molecule has 1 rings (SSSR count). The maximum absolute atomic E-state index is 10.6. The van der Waals surface area contributed by atoms with E-state index in [9.17, 15) is 4.79 Å². The quantitative estimate of drug-likeness (QED) is 0.637. The molecule has 1 aromatic carbocycles. The van der Waals surface area contributed by atoms with E-state index in [1.807, 2.05) is 33.0 Å². The lowest BCUT2D eigenvalue weighted by Gasteiger charge is -2.10. The van der Waals surface area contributed by atoms with Crippen LogP contribution in [-0.4, -0.2) is 26.1 Å². The van der Waals surface area contributed by atoms with Gasteiger partial charge in [-0.05, 0) is 19.4 Å². The van der Waals surface area contributed by atoms with Gasteiger partial charge in [-0.2, -0.15) is 0 Å². The number of rotatable bonds is 4. The number of nitrogens with zero attached hydrogens (tertiary/aromatic N) is 1. The highest BCUT2D eigenvalue weighted by molar-refractivity contribution is 6.12. The van der Waals surface area contributed by atoms with E-state index in [0.29, 0.717) is 5.56 Å². The van der Waals surface area contributed by atoms with E-state index < -0.39 is 0 Å². The highest BCUT2D eigenvalue weighted by Crippen LogP contribution is 2.12. The Morgan fingerprint density at radius 3 is 2.24 bits per heavy atom. The smallest absolute Gasteiger partial charge is 0.150 e. The van der Waals surface area contributed by atoms with E-state index in [4.69, 9.17) is 0 Å². The van der Waals surface area contributed by atoms with Crippen LogP contribution in [0.1, 0.15) is 29.8 Å². The first-order chi connectivity index (χ1) is 8.13. The minimum Gasteiger partial charge on any atom is -0.391 e. The average molecular weight is 230 g/mol. The minimum atomic E-state index is 0.677. The van der Waals surface area contributed by atoms with Crippen LogP contribution in [0.5, 0.6) is 0 Å². The molecule has 0 atom stereocenters. The standard InChI is InChI=1S/C14H18N2O/c1-10(11(2)15-3)14(16-4)13-7-5-12(9-17)6-8-13/h5-9,15H,1-4H3/b11-10+,16-14?. The summed E-state index contributed by atoms with van der Waals surface area (Å²) in [6.45, 7) is 4.04. The zero-order chi connectivity index (χ0) is 12.8. The first-order valence-corrected chi connectivity index (χ1v) is 5.52. The Balaban J connectivity index is 3.15. The lowest BCUT2D eigenvalue weighted by Crippen LogP contribution is -2.12. The summed E-state index contributed by atoms with van der Waals surface area (Å²) < 4.78 is 0. The number of carbonyl (C=O) groups is 1. The molecule has 0 aliphatic carbocycles. The zero-order valence-electron chi connectivity index (χ0n) is 10.7. The van der Waals surface area contributed by atoms with Crippen LogP contribution in [0.4, 0.5) is 0 Å². The van der Waals surface area contributed by atoms with E-state index in [1.165, 1.54) is 0 Å². The molecule has 3 heteroatoms. The Labute approximate surface area is 102 Å². The topological polar surface area (TPSA) is 41.5 Å². The largest absolute Gasteiger partial charge is 0.391 e. The first kappa shape index (κ1) is 13.2. The molecule has 0 amide bonds. The molecule has 0 aromatic heterocycles. The normalized spacial score (nSPS) is 13.1. The van der Waals surface area contributed by atoms with Gasteiger partial charge in [-0.3, -0.25) is 9.79 Å². The number of hydrogen-bond acceptors (Lipinski definition) is 3. The molecular weight excluding hydrogens is 212 g/mol. The Bertz CT molecular complexity index is 456. The molecule has 0 fully saturated rings. The average Bonchev–Trinajstić information content (AvgIpc) is 2.39. The Kier molecular flexibility index (Phi) is 4.64. The molecule has 0 unspecified atom stereocenters. The van der Waals surface area contributed by atoms with Crippen LogP contribution in [-0.2, 0) is 0 Å². The van der Waals surface area contributed by atoms with Crippen molar-refractivity contribution >= 4 is 12.0 Å². The second kappa shape index (κ2) is 5.99. The second-order valence-electron chi connectivity index (χ2n) is 3.81. The van der Waals surface area contributed by atoms with Crippen LogP contribution in [0.3, 0.4) is 0 Å². The molecule has 0 bridgehead atoms. The third kappa shape index (κ3) is 3.03. The van der Waals surface area contributed by atoms with Crippen molar-refractivity contribution in [2.75, 3.05) is 14.1 Å². The van der Waals surface area contributed by atoms with E-state index >= 15 is 0 Å². The second-order valence-corrected chi connectivity index (χ2v) is 3.81. The summed E-state index contributed by atoms with van der Waals surface area (Å²) in [5.74, 6) is 0. The molecule has 0 saturated carbocycles. The van der Waals surface area contributed by atoms with Gasteiger partial charge >= 0.3 is 0 Å². The van der Waals surface area contributed by atoms with Gasteiger partial charge in [0.2, 0.25) is 0 Å². The molecule has 0 heterocycles. The summed E-state index contributed by atoms with van der Waals surface area (Å²) in [7, 11) is 3.66. The summed E-state index contributed by atoms with van der Waals surface area (Å²) in [6, 6.07) is 7.43. The molecular formula is C14H18N2O. The molecule has 0 saturated heterocycles. The molecule has 1 aromatic rings. The molecule has 0 radical (unpaired) electrons. The van der Waals surface area contributed by atoms with Crippen LogP contribution in [0.25, 0.3) is 0 Å². The van der Waals surface area contributed by atoms with Crippen LogP contribution in [0, 0.1) is 0 Å². The fraction of sp³-hybridized carbons (Fsp3) is 0.286. The summed E-state index contributed by atoms with van der Waals surface area (Å²) in [5.41, 5.74) is 4.83. The molecule has 1 N–H and O–H groups in total. The third-order valence-corrected chi connectivity index (χ3v) is 2.84. The molecule has 0 aliphatic rings. The monoisotopic (exact) mass is 230 g/mol. The molecule has 0 aliphatic heterocycles. The summed E-state index contributed by atoms with van der Waals surface area (Å²) in [6.07, 6.45) is 0.841. The molecule has 3 nitrogen and oxygen atoms in total. The Hall–Kier alpha value is -1.90. The third-order valence-electron chi connectivity index (χ3n) is 2.84. The fourth-order valence-corrected chi connectivity index (χ4v) is 1.60. The van der Waals surface area contributed by atoms with Crippen molar-refractivity contribution in [3.63, 3.8) is 0 Å². The number of benzene rings is 1. The van der Waals surface area contributed by atoms with E-state index in [2.05, 4.69) is 10.3 Å². The van der Waals surface area contributed by atoms with Gasteiger partial charge in [-0.15, -0.1) is 0 Å². The SMILES string of the molecule is CN=C(/C(C)=C(\C)NC)c1ccc(C=O)cc1. The van der Waals surface area contributed by atoms with Crippen molar-refractivity contribution in [3.8, 4) is 0 Å². The Morgan fingerprint density at radius 1 is 1.24 bits per heavy atom. The van der Waals surface area contributed by atoms with Crippen molar-refractivity contribution < 1.29 is 4.79 Å². The number of allylic oxidation sites excluding steroid dienone is 2. The number of aldehydes is 1. The van der Waals surface area contributed by atoms with E-state index in [1.54, 1.807) is 19.2 Å². The van der Waals surface area contributed by atoms with Crippen LogP contribution < -0.4 is 5.32 Å². The number of aliphatic imine (C=N–C) groups is 1. The van der Waals surface area contributed by atoms with Gasteiger partial charge < -0.3 is 5.32 Å². The lowest BCUT2D eigenvalue weighted by atomic mass is 10.0. The van der Waals surface area contributed by atoms with Crippen LogP contribution in [0.2, 0.25) is 0 Å². The van der Waals surface area contributed by atoms with Crippen molar-refractivity contribution in [1.29, 1.82) is 0 Å². The first-order valence-electron chi connectivity index (χ1n) is 5.52. The van der Waals surface area contributed by atoms with E-state index in [-0.39, 0.29) is 0 Å². The van der Waals surface area contributed by atoms with Gasteiger partial charge in [0, 0.05) is 30.9 Å². The van der Waals surface area contributed by atoms with Crippen molar-refractivity contribution in [3.05, 3.63) is 46.7 Å². The van der Waals surface area contributed by atoms with Gasteiger partial charge in [0.15, 0.2) is 0 Å². The maximum Gasteiger partial charge on any atom is 0.150 e. The van der Waals surface area contributed by atoms with Gasteiger partial charge in [0.05, 0.1) is 5.71 Å². The molecule has 0 spiro atoms.